The molecule has 5 heteroatoms. The Morgan fingerprint density at radius 2 is 1.62 bits per heavy atom. The maximum absolute atomic E-state index is 12.0. The van der Waals surface area contributed by atoms with Gasteiger partial charge in [0.1, 0.15) is 12.2 Å². The largest absolute Gasteiger partial charge is 0.494 e. The monoisotopic (exact) mass is 326 g/mol. The minimum atomic E-state index is -0.359. The van der Waals surface area contributed by atoms with E-state index in [2.05, 4.69) is 10.6 Å². The van der Waals surface area contributed by atoms with Gasteiger partial charge in [0, 0.05) is 11.4 Å². The molecular formula is C19H22N2O3. The van der Waals surface area contributed by atoms with Gasteiger partial charge in [-0.15, -0.1) is 0 Å². The summed E-state index contributed by atoms with van der Waals surface area (Å²) in [6, 6.07) is 12.8. The molecule has 0 aromatic heterocycles. The molecule has 0 saturated heterocycles. The van der Waals surface area contributed by atoms with Crippen molar-refractivity contribution in [1.29, 1.82) is 0 Å². The van der Waals surface area contributed by atoms with Crippen LogP contribution in [0.4, 0.5) is 11.4 Å². The first-order chi connectivity index (χ1) is 11.5. The van der Waals surface area contributed by atoms with Crippen LogP contribution in [0.1, 0.15) is 24.5 Å². The number of amides is 2. The molecule has 2 amide bonds. The number of hydrogen-bond donors (Lipinski definition) is 2. The first-order valence-electron chi connectivity index (χ1n) is 7.87. The van der Waals surface area contributed by atoms with Crippen molar-refractivity contribution in [3.05, 3.63) is 53.6 Å². The van der Waals surface area contributed by atoms with E-state index in [1.807, 2.05) is 39.0 Å². The van der Waals surface area contributed by atoms with Gasteiger partial charge in [0.05, 0.1) is 6.61 Å². The minimum absolute atomic E-state index is 0.236. The van der Waals surface area contributed by atoms with E-state index in [9.17, 15) is 9.59 Å². The van der Waals surface area contributed by atoms with Gasteiger partial charge in [0.2, 0.25) is 11.8 Å². The third-order valence-electron chi connectivity index (χ3n) is 3.44. The highest BCUT2D eigenvalue weighted by Crippen LogP contribution is 2.17. The Hall–Kier alpha value is -2.82. The van der Waals surface area contributed by atoms with Crippen LogP contribution < -0.4 is 15.4 Å². The molecule has 0 saturated carbocycles. The zero-order chi connectivity index (χ0) is 17.5. The summed E-state index contributed by atoms with van der Waals surface area (Å²) >= 11 is 0. The first kappa shape index (κ1) is 17.5. The van der Waals surface area contributed by atoms with Gasteiger partial charge in [-0.3, -0.25) is 9.59 Å². The Morgan fingerprint density at radius 3 is 2.29 bits per heavy atom. The van der Waals surface area contributed by atoms with Crippen molar-refractivity contribution in [3.8, 4) is 5.75 Å². The molecule has 0 spiro atoms. The van der Waals surface area contributed by atoms with Gasteiger partial charge in [-0.1, -0.05) is 12.1 Å². The van der Waals surface area contributed by atoms with E-state index in [1.165, 1.54) is 0 Å². The summed E-state index contributed by atoms with van der Waals surface area (Å²) in [6.45, 7) is 6.36. The maximum atomic E-state index is 12.0. The molecule has 0 aliphatic carbocycles. The van der Waals surface area contributed by atoms with Crippen LogP contribution in [0.5, 0.6) is 5.75 Å². The number of anilines is 2. The smallest absolute Gasteiger partial charge is 0.233 e. The molecule has 2 N–H and O–H groups in total. The Balaban J connectivity index is 1.89. The van der Waals surface area contributed by atoms with Crippen LogP contribution in [-0.2, 0) is 9.59 Å². The quantitative estimate of drug-likeness (QED) is 0.796. The molecule has 0 heterocycles. The lowest BCUT2D eigenvalue weighted by Gasteiger charge is -2.10. The normalized spacial score (nSPS) is 10.1. The number of ether oxygens (including phenoxy) is 1. The topological polar surface area (TPSA) is 67.4 Å². The van der Waals surface area contributed by atoms with E-state index in [-0.39, 0.29) is 18.2 Å². The van der Waals surface area contributed by atoms with Crippen molar-refractivity contribution >= 4 is 23.2 Å². The van der Waals surface area contributed by atoms with Gasteiger partial charge in [-0.05, 0) is 62.2 Å². The summed E-state index contributed by atoms with van der Waals surface area (Å²) in [5.74, 6) is 0.0391. The highest BCUT2D eigenvalue weighted by atomic mass is 16.5. The number of rotatable bonds is 6. The van der Waals surface area contributed by atoms with E-state index in [4.69, 9.17) is 4.74 Å². The molecule has 5 nitrogen and oxygen atoms in total. The zero-order valence-electron chi connectivity index (χ0n) is 14.2. The molecule has 2 aromatic carbocycles. The van der Waals surface area contributed by atoms with Gasteiger partial charge >= 0.3 is 0 Å². The molecule has 2 aromatic rings. The standard InChI is InChI=1S/C19H22N2O3/c1-4-24-16-9-7-15(8-10-16)20-18(22)12-19(23)21-17-11-13(2)5-6-14(17)3/h5-11H,4,12H2,1-3H3,(H,20,22)(H,21,23). The summed E-state index contributed by atoms with van der Waals surface area (Å²) in [6.07, 6.45) is -0.236. The molecule has 0 bridgehead atoms. The van der Waals surface area contributed by atoms with Gasteiger partial charge in [0.25, 0.3) is 0 Å². The van der Waals surface area contributed by atoms with E-state index in [0.29, 0.717) is 12.3 Å². The van der Waals surface area contributed by atoms with Crippen LogP contribution in [0, 0.1) is 13.8 Å². The summed E-state index contributed by atoms with van der Waals surface area (Å²) in [5.41, 5.74) is 3.37. The summed E-state index contributed by atoms with van der Waals surface area (Å²) in [5, 5.41) is 5.47. The molecule has 0 radical (unpaired) electrons. The van der Waals surface area contributed by atoms with Crippen molar-refractivity contribution in [3.63, 3.8) is 0 Å². The van der Waals surface area contributed by atoms with E-state index in [0.717, 1.165) is 22.6 Å². The molecule has 0 fully saturated rings. The maximum Gasteiger partial charge on any atom is 0.233 e. The second-order valence-corrected chi connectivity index (χ2v) is 5.55. The summed E-state index contributed by atoms with van der Waals surface area (Å²) in [7, 11) is 0. The lowest BCUT2D eigenvalue weighted by atomic mass is 10.1. The number of aryl methyl sites for hydroxylation is 2. The number of carbonyl (C=O) groups excluding carboxylic acids is 2. The number of hydrogen-bond acceptors (Lipinski definition) is 3. The highest BCUT2D eigenvalue weighted by molar-refractivity contribution is 6.08. The van der Waals surface area contributed by atoms with E-state index < -0.39 is 0 Å². The second-order valence-electron chi connectivity index (χ2n) is 5.55. The van der Waals surface area contributed by atoms with E-state index in [1.54, 1.807) is 24.3 Å². The van der Waals surface area contributed by atoms with Crippen LogP contribution in [0.15, 0.2) is 42.5 Å². The lowest BCUT2D eigenvalue weighted by molar-refractivity contribution is -0.123. The Labute approximate surface area is 142 Å². The molecule has 2 rings (SSSR count). The average molecular weight is 326 g/mol. The van der Waals surface area contributed by atoms with Crippen molar-refractivity contribution in [2.75, 3.05) is 17.2 Å². The Bertz CT molecular complexity index is 724. The van der Waals surface area contributed by atoms with Crippen molar-refractivity contribution in [2.24, 2.45) is 0 Å². The van der Waals surface area contributed by atoms with Crippen molar-refractivity contribution in [1.82, 2.24) is 0 Å². The molecule has 0 unspecified atom stereocenters. The van der Waals surface area contributed by atoms with Gasteiger partial charge < -0.3 is 15.4 Å². The van der Waals surface area contributed by atoms with Crippen molar-refractivity contribution < 1.29 is 14.3 Å². The molecule has 24 heavy (non-hydrogen) atoms. The van der Waals surface area contributed by atoms with Crippen LogP contribution in [0.2, 0.25) is 0 Å². The zero-order valence-corrected chi connectivity index (χ0v) is 14.2. The first-order valence-corrected chi connectivity index (χ1v) is 7.87. The third kappa shape index (κ3) is 5.12. The highest BCUT2D eigenvalue weighted by Gasteiger charge is 2.11. The number of carbonyl (C=O) groups is 2. The van der Waals surface area contributed by atoms with Gasteiger partial charge in [0.15, 0.2) is 0 Å². The predicted octanol–water partition coefficient (Wildman–Crippen LogP) is 3.67. The SMILES string of the molecule is CCOc1ccc(NC(=O)CC(=O)Nc2cc(C)ccc2C)cc1. The molecule has 0 aliphatic rings. The second kappa shape index (κ2) is 8.15. The third-order valence-corrected chi connectivity index (χ3v) is 3.44. The molecule has 0 aliphatic heterocycles. The minimum Gasteiger partial charge on any atom is -0.494 e. The fraction of sp³-hybridized carbons (Fsp3) is 0.263. The van der Waals surface area contributed by atoms with Gasteiger partial charge in [-0.25, -0.2) is 0 Å². The van der Waals surface area contributed by atoms with Crippen LogP contribution in [-0.4, -0.2) is 18.4 Å². The van der Waals surface area contributed by atoms with Crippen LogP contribution >= 0.6 is 0 Å². The van der Waals surface area contributed by atoms with Gasteiger partial charge in [-0.2, -0.15) is 0 Å². The fourth-order valence-electron chi connectivity index (χ4n) is 2.22. The van der Waals surface area contributed by atoms with Crippen LogP contribution in [0.25, 0.3) is 0 Å². The summed E-state index contributed by atoms with van der Waals surface area (Å²) in [4.78, 5) is 24.0. The molecule has 126 valence electrons. The van der Waals surface area contributed by atoms with Crippen LogP contribution in [0.3, 0.4) is 0 Å². The van der Waals surface area contributed by atoms with E-state index >= 15 is 0 Å². The Kier molecular flexibility index (Phi) is 5.95. The summed E-state index contributed by atoms with van der Waals surface area (Å²) < 4.78 is 5.34. The molecule has 0 atom stereocenters. The van der Waals surface area contributed by atoms with Crippen molar-refractivity contribution in [2.45, 2.75) is 27.2 Å². The Morgan fingerprint density at radius 1 is 0.958 bits per heavy atom. The predicted molar refractivity (Wildman–Crippen MR) is 95.4 cm³/mol. The number of benzene rings is 2. The average Bonchev–Trinajstić information content (AvgIpc) is 2.53. The lowest BCUT2D eigenvalue weighted by Crippen LogP contribution is -2.21. The fourth-order valence-corrected chi connectivity index (χ4v) is 2.22. The number of nitrogens with one attached hydrogen (secondary N) is 2. The molecular weight excluding hydrogens is 304 g/mol.